The van der Waals surface area contributed by atoms with Gasteiger partial charge in [-0.1, -0.05) is 32.4 Å². The first kappa shape index (κ1) is 16.6. The molecule has 130 valence electrons. The van der Waals surface area contributed by atoms with Gasteiger partial charge in [0.1, 0.15) is 0 Å². The molecule has 2 nitrogen and oxygen atoms in total. The van der Waals surface area contributed by atoms with E-state index in [1.54, 1.807) is 6.08 Å². The van der Waals surface area contributed by atoms with Gasteiger partial charge in [0.2, 0.25) is 0 Å². The van der Waals surface area contributed by atoms with Crippen molar-refractivity contribution in [2.45, 2.75) is 52.9 Å². The molecule has 3 heteroatoms. The molecule has 0 N–H and O–H groups in total. The summed E-state index contributed by atoms with van der Waals surface area (Å²) in [6.45, 7) is 6.97. The quantitative estimate of drug-likeness (QED) is 0.705. The van der Waals surface area contributed by atoms with Crippen molar-refractivity contribution in [2.24, 2.45) is 40.4 Å². The summed E-state index contributed by atoms with van der Waals surface area (Å²) in [6.07, 6.45) is 11.5. The maximum absolute atomic E-state index is 12.1. The first-order valence-electron chi connectivity index (χ1n) is 9.45. The van der Waals surface area contributed by atoms with Gasteiger partial charge in [0.25, 0.3) is 0 Å². The lowest BCUT2D eigenvalue weighted by molar-refractivity contribution is -0.121. The van der Waals surface area contributed by atoms with E-state index in [-0.39, 0.29) is 27.6 Å². The second kappa shape index (κ2) is 5.33. The predicted octanol–water partition coefficient (Wildman–Crippen LogP) is 4.61. The molecule has 0 heterocycles. The molecule has 3 fully saturated rings. The molecule has 4 aliphatic carbocycles. The van der Waals surface area contributed by atoms with Crippen LogP contribution >= 0.6 is 12.6 Å². The number of carbonyl (C=O) groups excluding carboxylic acids is 2. The number of hydrogen-bond acceptors (Lipinski definition) is 2. The van der Waals surface area contributed by atoms with Crippen molar-refractivity contribution in [1.82, 2.24) is 0 Å². The van der Waals surface area contributed by atoms with Crippen LogP contribution in [0.4, 0.5) is 0 Å². The van der Waals surface area contributed by atoms with E-state index in [4.69, 9.17) is 0 Å². The number of ketones is 1. The third-order valence-electron chi connectivity index (χ3n) is 8.18. The number of carbonyl (C=O) groups is 2. The fraction of sp³-hybridized carbons (Fsp3) is 0.714. The zero-order valence-electron chi connectivity index (χ0n) is 14.9. The highest BCUT2D eigenvalue weighted by molar-refractivity contribution is 7.96. The van der Waals surface area contributed by atoms with Crippen LogP contribution < -0.4 is 0 Å². The van der Waals surface area contributed by atoms with Gasteiger partial charge in [-0.2, -0.15) is 0 Å². The van der Waals surface area contributed by atoms with Gasteiger partial charge in [-0.05, 0) is 73.3 Å². The molecule has 0 aliphatic heterocycles. The molecule has 0 saturated heterocycles. The van der Waals surface area contributed by atoms with Crippen LogP contribution in [0.1, 0.15) is 52.9 Å². The molecular weight excluding hydrogens is 316 g/mol. The van der Waals surface area contributed by atoms with E-state index in [1.807, 2.05) is 6.08 Å². The van der Waals surface area contributed by atoms with Crippen LogP contribution in [0.25, 0.3) is 0 Å². The van der Waals surface area contributed by atoms with Crippen molar-refractivity contribution in [1.29, 1.82) is 0 Å². The molecule has 0 aromatic carbocycles. The van der Waals surface area contributed by atoms with Crippen molar-refractivity contribution in [2.75, 3.05) is 0 Å². The van der Waals surface area contributed by atoms with Gasteiger partial charge in [0, 0.05) is 11.3 Å². The molecule has 1 unspecified atom stereocenters. The van der Waals surface area contributed by atoms with Gasteiger partial charge in [0.15, 0.2) is 10.9 Å². The van der Waals surface area contributed by atoms with E-state index < -0.39 is 0 Å². The summed E-state index contributed by atoms with van der Waals surface area (Å²) >= 11 is 4.20. The zero-order valence-corrected chi connectivity index (χ0v) is 15.8. The molecule has 7 atom stereocenters. The largest absolute Gasteiger partial charge is 0.290 e. The van der Waals surface area contributed by atoms with Gasteiger partial charge in [-0.25, -0.2) is 0 Å². The van der Waals surface area contributed by atoms with Crippen LogP contribution in [0.5, 0.6) is 0 Å². The Labute approximate surface area is 150 Å². The number of rotatable bonds is 1. The number of thiol groups is 1. The first-order chi connectivity index (χ1) is 11.3. The Morgan fingerprint density at radius 3 is 2.67 bits per heavy atom. The van der Waals surface area contributed by atoms with Crippen LogP contribution in [0, 0.1) is 40.4 Å². The Kier molecular flexibility index (Phi) is 3.69. The van der Waals surface area contributed by atoms with E-state index >= 15 is 0 Å². The van der Waals surface area contributed by atoms with Gasteiger partial charge in [0.05, 0.1) is 0 Å². The molecule has 24 heavy (non-hydrogen) atoms. The lowest BCUT2D eigenvalue weighted by Gasteiger charge is -2.58. The fourth-order valence-electron chi connectivity index (χ4n) is 7.02. The highest BCUT2D eigenvalue weighted by Crippen LogP contribution is 2.66. The van der Waals surface area contributed by atoms with Crippen molar-refractivity contribution < 1.29 is 9.59 Å². The second-order valence-corrected chi connectivity index (χ2v) is 9.59. The molecule has 0 spiro atoms. The van der Waals surface area contributed by atoms with E-state index in [9.17, 15) is 9.59 Å². The van der Waals surface area contributed by atoms with Crippen LogP contribution in [-0.2, 0) is 9.59 Å². The summed E-state index contributed by atoms with van der Waals surface area (Å²) in [4.78, 5) is 24.0. The SMILES string of the molecule is C[C@H]1C[C@@H]2[C@H](CC[C@]3(C)C(C(=O)S)CC[C@@H]23)[C@@]2(C)C=CC(=O)C=C12. The highest BCUT2D eigenvalue weighted by Gasteiger charge is 2.60. The summed E-state index contributed by atoms with van der Waals surface area (Å²) in [5.41, 5.74) is 1.51. The molecule has 3 saturated carbocycles. The maximum Gasteiger partial charge on any atom is 0.189 e. The molecule has 0 amide bonds. The second-order valence-electron chi connectivity index (χ2n) is 9.14. The number of fused-ring (bicyclic) bond motifs is 5. The van der Waals surface area contributed by atoms with E-state index in [2.05, 4.69) is 39.5 Å². The summed E-state index contributed by atoms with van der Waals surface area (Å²) in [6, 6.07) is 0. The average Bonchev–Trinajstić information content (AvgIpc) is 2.87. The molecular formula is C21H28O2S. The minimum absolute atomic E-state index is 0.0284. The normalized spacial score (nSPS) is 49.9. The average molecular weight is 345 g/mol. The minimum Gasteiger partial charge on any atom is -0.290 e. The lowest BCUT2D eigenvalue weighted by atomic mass is 9.46. The zero-order chi connectivity index (χ0) is 17.3. The number of hydrogen-bond donors (Lipinski definition) is 1. The van der Waals surface area contributed by atoms with Crippen molar-refractivity contribution in [3.05, 3.63) is 23.8 Å². The van der Waals surface area contributed by atoms with E-state index in [0.29, 0.717) is 23.7 Å². The molecule has 0 bridgehead atoms. The number of allylic oxidation sites excluding steroid dienone is 4. The standard InChI is InChI=1S/C21H28O2S/c1-12-10-14-15-4-5-17(19(23)24)20(15,2)9-7-16(14)21(3)8-6-13(22)11-18(12)21/h6,8,11-12,14-17H,4-5,7,9-10H2,1-3H3,(H,23,24)/t12-,14-,15-,16-,17?,20-,21+/m0/s1. The highest BCUT2D eigenvalue weighted by atomic mass is 32.1. The Morgan fingerprint density at radius 2 is 1.96 bits per heavy atom. The smallest absolute Gasteiger partial charge is 0.189 e. The maximum atomic E-state index is 12.1. The Morgan fingerprint density at radius 1 is 1.21 bits per heavy atom. The summed E-state index contributed by atoms with van der Waals surface area (Å²) in [7, 11) is 0. The van der Waals surface area contributed by atoms with Crippen LogP contribution in [0.2, 0.25) is 0 Å². The predicted molar refractivity (Wildman–Crippen MR) is 98.6 cm³/mol. The van der Waals surface area contributed by atoms with Crippen molar-refractivity contribution in [3.8, 4) is 0 Å². The Bertz CT molecular complexity index is 663. The summed E-state index contributed by atoms with van der Waals surface area (Å²) in [5.74, 6) is 2.64. The van der Waals surface area contributed by atoms with Crippen LogP contribution in [0.3, 0.4) is 0 Å². The van der Waals surface area contributed by atoms with Crippen LogP contribution in [-0.4, -0.2) is 10.9 Å². The van der Waals surface area contributed by atoms with Gasteiger partial charge in [-0.15, -0.1) is 12.6 Å². The third kappa shape index (κ3) is 2.09. The monoisotopic (exact) mass is 344 g/mol. The molecule has 0 aromatic rings. The topological polar surface area (TPSA) is 34.1 Å². The Balaban J connectivity index is 1.72. The Hall–Kier alpha value is -0.830. The molecule has 4 aliphatic rings. The molecule has 4 rings (SSSR count). The summed E-state index contributed by atoms with van der Waals surface area (Å²) in [5, 5.41) is 0.0947. The van der Waals surface area contributed by atoms with Gasteiger partial charge < -0.3 is 0 Å². The lowest BCUT2D eigenvalue weighted by Crippen LogP contribution is -2.51. The third-order valence-corrected chi connectivity index (χ3v) is 8.49. The van der Waals surface area contributed by atoms with E-state index in [1.165, 1.54) is 18.4 Å². The fourth-order valence-corrected chi connectivity index (χ4v) is 7.44. The van der Waals surface area contributed by atoms with E-state index in [0.717, 1.165) is 19.3 Å². The first-order valence-corrected chi connectivity index (χ1v) is 9.90. The van der Waals surface area contributed by atoms with Crippen molar-refractivity contribution >= 4 is 23.5 Å². The van der Waals surface area contributed by atoms with Crippen molar-refractivity contribution in [3.63, 3.8) is 0 Å². The van der Waals surface area contributed by atoms with Crippen LogP contribution in [0.15, 0.2) is 23.8 Å². The molecule has 0 radical (unpaired) electrons. The van der Waals surface area contributed by atoms with Gasteiger partial charge in [-0.3, -0.25) is 9.59 Å². The van der Waals surface area contributed by atoms with Gasteiger partial charge >= 0.3 is 0 Å². The summed E-state index contributed by atoms with van der Waals surface area (Å²) < 4.78 is 0. The molecule has 0 aromatic heterocycles. The minimum atomic E-state index is 0.0284.